The highest BCUT2D eigenvalue weighted by Gasteiger charge is 2.17. The Hall–Kier alpha value is -1.85. The van der Waals surface area contributed by atoms with Gasteiger partial charge in [-0.05, 0) is 19.3 Å². The molecule has 0 radical (unpaired) electrons. The van der Waals surface area contributed by atoms with Crippen molar-refractivity contribution in [1.29, 1.82) is 0 Å². The Bertz CT molecular complexity index is 457. The van der Waals surface area contributed by atoms with Gasteiger partial charge in [-0.15, -0.1) is 0 Å². The van der Waals surface area contributed by atoms with E-state index in [4.69, 9.17) is 5.73 Å². The highest BCUT2D eigenvalue weighted by atomic mass is 16.2. The number of carbonyl (C=O) groups is 1. The van der Waals surface area contributed by atoms with Gasteiger partial charge in [-0.3, -0.25) is 4.79 Å². The first-order valence-electron chi connectivity index (χ1n) is 7.34. The van der Waals surface area contributed by atoms with Crippen LogP contribution in [0.15, 0.2) is 6.07 Å². The van der Waals surface area contributed by atoms with E-state index < -0.39 is 0 Å². The maximum atomic E-state index is 11.9. The third kappa shape index (κ3) is 4.08. The predicted octanol–water partition coefficient (Wildman–Crippen LogP) is 1.44. The summed E-state index contributed by atoms with van der Waals surface area (Å²) in [7, 11) is 0. The molecule has 0 aliphatic carbocycles. The summed E-state index contributed by atoms with van der Waals surface area (Å²) in [4.78, 5) is 22.4. The average molecular weight is 277 g/mol. The molecule has 2 rings (SSSR count). The minimum Gasteiger partial charge on any atom is -0.384 e. The van der Waals surface area contributed by atoms with Gasteiger partial charge in [0, 0.05) is 38.5 Å². The Labute approximate surface area is 119 Å². The first-order valence-corrected chi connectivity index (χ1v) is 7.34. The predicted molar refractivity (Wildman–Crippen MR) is 79.4 cm³/mol. The monoisotopic (exact) mass is 277 g/mol. The summed E-state index contributed by atoms with van der Waals surface area (Å²) in [6.45, 7) is 4.46. The number of carbonyl (C=O) groups excluding carboxylic acids is 1. The summed E-state index contributed by atoms with van der Waals surface area (Å²) in [5.41, 5.74) is 5.75. The number of likely N-dealkylation sites (tertiary alicyclic amines) is 1. The van der Waals surface area contributed by atoms with Crippen LogP contribution >= 0.6 is 0 Å². The second-order valence-electron chi connectivity index (χ2n) is 5.11. The van der Waals surface area contributed by atoms with Crippen molar-refractivity contribution >= 4 is 17.5 Å². The molecule has 20 heavy (non-hydrogen) atoms. The largest absolute Gasteiger partial charge is 0.384 e. The van der Waals surface area contributed by atoms with E-state index in [2.05, 4.69) is 22.2 Å². The zero-order chi connectivity index (χ0) is 14.4. The molecule has 6 nitrogen and oxygen atoms in total. The number of rotatable bonds is 6. The fourth-order valence-electron chi connectivity index (χ4n) is 2.37. The van der Waals surface area contributed by atoms with Gasteiger partial charge < -0.3 is 16.0 Å². The van der Waals surface area contributed by atoms with E-state index in [0.29, 0.717) is 24.6 Å². The Kier molecular flexibility index (Phi) is 5.15. The van der Waals surface area contributed by atoms with Crippen molar-refractivity contribution in [3.63, 3.8) is 0 Å². The highest BCUT2D eigenvalue weighted by Crippen LogP contribution is 2.11. The molecule has 0 atom stereocenters. The van der Waals surface area contributed by atoms with Gasteiger partial charge in [0.15, 0.2) is 0 Å². The van der Waals surface area contributed by atoms with Crippen molar-refractivity contribution in [2.75, 3.05) is 30.7 Å². The Morgan fingerprint density at radius 3 is 2.85 bits per heavy atom. The normalized spacial score (nSPS) is 14.6. The van der Waals surface area contributed by atoms with Gasteiger partial charge in [0.2, 0.25) is 5.91 Å². The van der Waals surface area contributed by atoms with E-state index in [9.17, 15) is 4.79 Å². The van der Waals surface area contributed by atoms with Crippen LogP contribution in [0.4, 0.5) is 11.6 Å². The second kappa shape index (κ2) is 7.07. The van der Waals surface area contributed by atoms with E-state index >= 15 is 0 Å². The lowest BCUT2D eigenvalue weighted by atomic mass is 10.3. The lowest BCUT2D eigenvalue weighted by Crippen LogP contribution is -2.29. The number of aromatic nitrogens is 2. The van der Waals surface area contributed by atoms with E-state index in [1.807, 2.05) is 4.90 Å². The van der Waals surface area contributed by atoms with Crippen molar-refractivity contribution in [1.82, 2.24) is 14.9 Å². The number of hydrogen-bond acceptors (Lipinski definition) is 5. The first-order chi connectivity index (χ1) is 9.69. The van der Waals surface area contributed by atoms with Gasteiger partial charge in [-0.2, -0.15) is 0 Å². The number of hydrogen-bond donors (Lipinski definition) is 2. The number of nitrogen functional groups attached to an aromatic ring is 1. The molecule has 1 amide bonds. The molecule has 1 fully saturated rings. The Morgan fingerprint density at radius 2 is 2.15 bits per heavy atom. The molecule has 0 aromatic carbocycles. The van der Waals surface area contributed by atoms with Crippen LogP contribution < -0.4 is 11.1 Å². The molecule has 0 saturated carbocycles. The fraction of sp³-hybridized carbons (Fsp3) is 0.643. The highest BCUT2D eigenvalue weighted by molar-refractivity contribution is 5.76. The lowest BCUT2D eigenvalue weighted by Gasteiger charge is -2.15. The van der Waals surface area contributed by atoms with Crippen molar-refractivity contribution in [2.45, 2.75) is 39.0 Å². The molecule has 0 bridgehead atoms. The third-order valence-corrected chi connectivity index (χ3v) is 3.37. The average Bonchev–Trinajstić information content (AvgIpc) is 2.92. The second-order valence-corrected chi connectivity index (χ2v) is 5.11. The van der Waals surface area contributed by atoms with Gasteiger partial charge in [0.25, 0.3) is 0 Å². The van der Waals surface area contributed by atoms with E-state index in [0.717, 1.165) is 44.6 Å². The summed E-state index contributed by atoms with van der Waals surface area (Å²) < 4.78 is 0. The topological polar surface area (TPSA) is 84.1 Å². The summed E-state index contributed by atoms with van der Waals surface area (Å²) in [5.74, 6) is 2.14. The van der Waals surface area contributed by atoms with Gasteiger partial charge in [0.05, 0.1) is 0 Å². The van der Waals surface area contributed by atoms with Crippen molar-refractivity contribution in [3.8, 4) is 0 Å². The van der Waals surface area contributed by atoms with Crippen molar-refractivity contribution in [3.05, 3.63) is 11.9 Å². The van der Waals surface area contributed by atoms with Gasteiger partial charge >= 0.3 is 0 Å². The van der Waals surface area contributed by atoms with Crippen LogP contribution in [0.25, 0.3) is 0 Å². The maximum Gasteiger partial charge on any atom is 0.224 e. The van der Waals surface area contributed by atoms with Gasteiger partial charge in [-0.25, -0.2) is 9.97 Å². The summed E-state index contributed by atoms with van der Waals surface area (Å²) in [6.07, 6.45) is 4.54. The fourth-order valence-corrected chi connectivity index (χ4v) is 2.37. The molecule has 1 aliphatic heterocycles. The summed E-state index contributed by atoms with van der Waals surface area (Å²) in [6, 6.07) is 1.71. The summed E-state index contributed by atoms with van der Waals surface area (Å²) >= 11 is 0. The zero-order valence-electron chi connectivity index (χ0n) is 12.1. The molecule has 1 saturated heterocycles. The van der Waals surface area contributed by atoms with Crippen LogP contribution in [-0.4, -0.2) is 40.4 Å². The van der Waals surface area contributed by atoms with Crippen LogP contribution in [0.3, 0.4) is 0 Å². The molecule has 6 heteroatoms. The van der Waals surface area contributed by atoms with E-state index in [-0.39, 0.29) is 5.91 Å². The maximum absolute atomic E-state index is 11.9. The van der Waals surface area contributed by atoms with Crippen molar-refractivity contribution in [2.24, 2.45) is 0 Å². The zero-order valence-corrected chi connectivity index (χ0v) is 12.1. The molecule has 1 aliphatic rings. The number of nitrogens with one attached hydrogen (secondary N) is 1. The van der Waals surface area contributed by atoms with Gasteiger partial charge in [-0.1, -0.05) is 6.92 Å². The van der Waals surface area contributed by atoms with Crippen LogP contribution in [-0.2, 0) is 11.2 Å². The minimum absolute atomic E-state index is 0.214. The van der Waals surface area contributed by atoms with Crippen LogP contribution in [0, 0.1) is 0 Å². The summed E-state index contributed by atoms with van der Waals surface area (Å²) in [5, 5.41) is 3.16. The number of anilines is 2. The minimum atomic E-state index is 0.214. The Balaban J connectivity index is 1.82. The SMILES string of the molecule is CCCc1nc(N)cc(NCCC(=O)N2CCCC2)n1. The standard InChI is InChI=1S/C14H23N5O/c1-2-5-12-17-11(15)10-13(18-12)16-7-6-14(20)19-8-3-4-9-19/h10H,2-9H2,1H3,(H3,15,16,17,18). The van der Waals surface area contributed by atoms with Crippen LogP contribution in [0.1, 0.15) is 38.4 Å². The van der Waals surface area contributed by atoms with E-state index in [1.54, 1.807) is 6.07 Å². The van der Waals surface area contributed by atoms with Crippen LogP contribution in [0.5, 0.6) is 0 Å². The Morgan fingerprint density at radius 1 is 1.40 bits per heavy atom. The molecule has 1 aromatic heterocycles. The third-order valence-electron chi connectivity index (χ3n) is 3.37. The molecule has 2 heterocycles. The van der Waals surface area contributed by atoms with Gasteiger partial charge in [0.1, 0.15) is 17.5 Å². The quantitative estimate of drug-likeness (QED) is 0.822. The number of aryl methyl sites for hydroxylation is 1. The molecule has 0 spiro atoms. The molecule has 0 unspecified atom stereocenters. The van der Waals surface area contributed by atoms with Crippen LogP contribution in [0.2, 0.25) is 0 Å². The smallest absolute Gasteiger partial charge is 0.224 e. The van der Waals surface area contributed by atoms with E-state index in [1.165, 1.54) is 0 Å². The molecule has 1 aromatic rings. The lowest BCUT2D eigenvalue weighted by molar-refractivity contribution is -0.129. The molecular weight excluding hydrogens is 254 g/mol. The number of nitrogens with two attached hydrogens (primary N) is 1. The first kappa shape index (κ1) is 14.6. The molecule has 110 valence electrons. The number of amides is 1. The molecule has 3 N–H and O–H groups in total. The number of nitrogens with zero attached hydrogens (tertiary/aromatic N) is 3. The van der Waals surface area contributed by atoms with Crippen molar-refractivity contribution < 1.29 is 4.79 Å². The molecular formula is C14H23N5O.